The number of anilines is 1. The van der Waals surface area contributed by atoms with Crippen LogP contribution in [0.5, 0.6) is 5.75 Å². The number of halogens is 2. The third-order valence-electron chi connectivity index (χ3n) is 2.89. The SMILES string of the molecule is COc1c(Br)cc(Cl)cc1NC(C)c1ccnn1C. The van der Waals surface area contributed by atoms with Gasteiger partial charge in [0.2, 0.25) is 0 Å². The van der Waals surface area contributed by atoms with Gasteiger partial charge in [-0.1, -0.05) is 11.6 Å². The average molecular weight is 345 g/mol. The Kier molecular flexibility index (Phi) is 4.37. The van der Waals surface area contributed by atoms with Gasteiger partial charge in [-0.15, -0.1) is 0 Å². The minimum Gasteiger partial charge on any atom is -0.493 e. The van der Waals surface area contributed by atoms with E-state index in [0.29, 0.717) is 5.02 Å². The van der Waals surface area contributed by atoms with E-state index in [0.717, 1.165) is 21.6 Å². The fraction of sp³-hybridized carbons (Fsp3) is 0.308. The molecule has 0 bridgehead atoms. The highest BCUT2D eigenvalue weighted by Gasteiger charge is 2.14. The van der Waals surface area contributed by atoms with Gasteiger partial charge >= 0.3 is 0 Å². The van der Waals surface area contributed by atoms with Gasteiger partial charge < -0.3 is 10.1 Å². The van der Waals surface area contributed by atoms with E-state index in [-0.39, 0.29) is 6.04 Å². The van der Waals surface area contributed by atoms with Crippen molar-refractivity contribution in [2.24, 2.45) is 7.05 Å². The summed E-state index contributed by atoms with van der Waals surface area (Å²) in [5, 5.41) is 8.20. The van der Waals surface area contributed by atoms with Crippen LogP contribution in [0.1, 0.15) is 18.7 Å². The van der Waals surface area contributed by atoms with Crippen molar-refractivity contribution in [3.05, 3.63) is 39.6 Å². The van der Waals surface area contributed by atoms with Gasteiger partial charge in [-0.25, -0.2) is 0 Å². The lowest BCUT2D eigenvalue weighted by molar-refractivity contribution is 0.413. The molecule has 1 aromatic heterocycles. The first-order valence-corrected chi connectivity index (χ1v) is 6.97. The molecule has 0 aliphatic rings. The summed E-state index contributed by atoms with van der Waals surface area (Å²) in [6.45, 7) is 2.06. The highest BCUT2D eigenvalue weighted by molar-refractivity contribution is 9.10. The summed E-state index contributed by atoms with van der Waals surface area (Å²) in [4.78, 5) is 0. The average Bonchev–Trinajstić information content (AvgIpc) is 2.75. The van der Waals surface area contributed by atoms with E-state index in [4.69, 9.17) is 16.3 Å². The molecule has 1 atom stereocenters. The van der Waals surface area contributed by atoms with Crippen LogP contribution in [-0.4, -0.2) is 16.9 Å². The van der Waals surface area contributed by atoms with Gasteiger partial charge in [0.25, 0.3) is 0 Å². The van der Waals surface area contributed by atoms with E-state index < -0.39 is 0 Å². The van der Waals surface area contributed by atoms with Crippen LogP contribution in [0.25, 0.3) is 0 Å². The molecule has 6 heteroatoms. The number of hydrogen-bond donors (Lipinski definition) is 1. The van der Waals surface area contributed by atoms with Crippen molar-refractivity contribution < 1.29 is 4.74 Å². The lowest BCUT2D eigenvalue weighted by Crippen LogP contribution is -2.12. The first kappa shape index (κ1) is 14.2. The first-order chi connectivity index (χ1) is 9.02. The molecule has 0 saturated heterocycles. The van der Waals surface area contributed by atoms with E-state index in [1.807, 2.05) is 23.9 Å². The van der Waals surface area contributed by atoms with Crippen LogP contribution in [0, 0.1) is 0 Å². The monoisotopic (exact) mass is 343 g/mol. The Morgan fingerprint density at radius 3 is 2.79 bits per heavy atom. The van der Waals surface area contributed by atoms with Crippen LogP contribution >= 0.6 is 27.5 Å². The highest BCUT2D eigenvalue weighted by Crippen LogP contribution is 2.37. The molecule has 1 unspecified atom stereocenters. The van der Waals surface area contributed by atoms with Crippen molar-refractivity contribution in [2.45, 2.75) is 13.0 Å². The van der Waals surface area contributed by atoms with Gasteiger partial charge in [0.15, 0.2) is 5.75 Å². The Labute approximate surface area is 125 Å². The van der Waals surface area contributed by atoms with Crippen LogP contribution in [-0.2, 0) is 7.05 Å². The van der Waals surface area contributed by atoms with E-state index in [1.165, 1.54) is 0 Å². The molecule has 0 fully saturated rings. The number of hydrogen-bond acceptors (Lipinski definition) is 3. The summed E-state index contributed by atoms with van der Waals surface area (Å²) < 4.78 is 8.05. The standard InChI is InChI=1S/C13H15BrClN3O/c1-8(12-4-5-16-18(12)2)17-11-7-9(15)6-10(14)13(11)19-3/h4-8,17H,1-3H3. The van der Waals surface area contributed by atoms with Crippen molar-refractivity contribution in [2.75, 3.05) is 12.4 Å². The summed E-state index contributed by atoms with van der Waals surface area (Å²) in [6.07, 6.45) is 1.78. The molecule has 0 aliphatic heterocycles. The van der Waals surface area contributed by atoms with Gasteiger partial charge in [0, 0.05) is 18.3 Å². The fourth-order valence-corrected chi connectivity index (χ4v) is 2.96. The number of rotatable bonds is 4. The van der Waals surface area contributed by atoms with Crippen molar-refractivity contribution in [3.8, 4) is 5.75 Å². The maximum Gasteiger partial charge on any atom is 0.156 e. The van der Waals surface area contributed by atoms with Crippen LogP contribution < -0.4 is 10.1 Å². The predicted octanol–water partition coefficient (Wildman–Crippen LogP) is 4.02. The maximum atomic E-state index is 6.08. The summed E-state index contributed by atoms with van der Waals surface area (Å²) >= 11 is 9.52. The molecule has 19 heavy (non-hydrogen) atoms. The zero-order valence-electron chi connectivity index (χ0n) is 10.9. The Morgan fingerprint density at radius 1 is 1.47 bits per heavy atom. The van der Waals surface area contributed by atoms with Gasteiger partial charge in [-0.2, -0.15) is 5.10 Å². The van der Waals surface area contributed by atoms with E-state index in [9.17, 15) is 0 Å². The molecular weight excluding hydrogens is 330 g/mol. The van der Waals surface area contributed by atoms with Gasteiger partial charge in [0.05, 0.1) is 29.0 Å². The lowest BCUT2D eigenvalue weighted by atomic mass is 10.2. The molecule has 0 aliphatic carbocycles. The Balaban J connectivity index is 2.31. The van der Waals surface area contributed by atoms with Gasteiger partial charge in [-0.3, -0.25) is 4.68 Å². The second-order valence-corrected chi connectivity index (χ2v) is 5.50. The van der Waals surface area contributed by atoms with Crippen LogP contribution in [0.2, 0.25) is 5.02 Å². The zero-order chi connectivity index (χ0) is 14.0. The van der Waals surface area contributed by atoms with E-state index in [2.05, 4.69) is 33.3 Å². The number of ether oxygens (including phenoxy) is 1. The summed E-state index contributed by atoms with van der Waals surface area (Å²) in [5.74, 6) is 0.735. The molecule has 0 spiro atoms. The maximum absolute atomic E-state index is 6.08. The number of benzene rings is 1. The predicted molar refractivity (Wildman–Crippen MR) is 80.9 cm³/mol. The number of aromatic nitrogens is 2. The number of nitrogens with one attached hydrogen (secondary N) is 1. The normalized spacial score (nSPS) is 12.3. The van der Waals surface area contributed by atoms with Crippen LogP contribution in [0.3, 0.4) is 0 Å². The van der Waals surface area contributed by atoms with Crippen molar-refractivity contribution >= 4 is 33.2 Å². The molecular formula is C13H15BrClN3O. The first-order valence-electron chi connectivity index (χ1n) is 5.80. The molecule has 2 aromatic rings. The third kappa shape index (κ3) is 3.04. The largest absolute Gasteiger partial charge is 0.493 e. The molecule has 102 valence electrons. The lowest BCUT2D eigenvalue weighted by Gasteiger charge is -2.19. The summed E-state index contributed by atoms with van der Waals surface area (Å²) in [5.41, 5.74) is 1.92. The second-order valence-electron chi connectivity index (χ2n) is 4.21. The Bertz CT molecular complexity index is 585. The molecule has 1 N–H and O–H groups in total. The Morgan fingerprint density at radius 2 is 2.21 bits per heavy atom. The van der Waals surface area contributed by atoms with Crippen molar-refractivity contribution in [3.63, 3.8) is 0 Å². The van der Waals surface area contributed by atoms with Gasteiger partial charge in [0.1, 0.15) is 0 Å². The highest BCUT2D eigenvalue weighted by atomic mass is 79.9. The minimum absolute atomic E-state index is 0.0896. The smallest absolute Gasteiger partial charge is 0.156 e. The quantitative estimate of drug-likeness (QED) is 0.910. The number of methoxy groups -OCH3 is 1. The molecule has 1 heterocycles. The molecule has 1 aromatic carbocycles. The topological polar surface area (TPSA) is 39.1 Å². The second kappa shape index (κ2) is 5.84. The molecule has 0 saturated carbocycles. The van der Waals surface area contributed by atoms with Crippen LogP contribution in [0.15, 0.2) is 28.9 Å². The number of aryl methyl sites for hydroxylation is 1. The summed E-state index contributed by atoms with van der Waals surface area (Å²) in [6, 6.07) is 5.72. The molecule has 2 rings (SSSR count). The van der Waals surface area contributed by atoms with Crippen molar-refractivity contribution in [1.29, 1.82) is 0 Å². The van der Waals surface area contributed by atoms with Crippen LogP contribution in [0.4, 0.5) is 5.69 Å². The third-order valence-corrected chi connectivity index (χ3v) is 3.69. The molecule has 0 radical (unpaired) electrons. The minimum atomic E-state index is 0.0896. The van der Waals surface area contributed by atoms with E-state index >= 15 is 0 Å². The number of nitrogens with zero attached hydrogens (tertiary/aromatic N) is 2. The van der Waals surface area contributed by atoms with Crippen molar-refractivity contribution in [1.82, 2.24) is 9.78 Å². The fourth-order valence-electron chi connectivity index (χ4n) is 1.99. The van der Waals surface area contributed by atoms with E-state index in [1.54, 1.807) is 19.4 Å². The van der Waals surface area contributed by atoms with Gasteiger partial charge in [-0.05, 0) is 41.1 Å². The molecule has 0 amide bonds. The summed E-state index contributed by atoms with van der Waals surface area (Å²) in [7, 11) is 3.55. The molecule has 4 nitrogen and oxygen atoms in total. The Hall–Kier alpha value is -1.20. The zero-order valence-corrected chi connectivity index (χ0v) is 13.3.